The average molecular weight is 238 g/mol. The van der Waals surface area contributed by atoms with Crippen LogP contribution >= 0.6 is 0 Å². The van der Waals surface area contributed by atoms with E-state index in [0.29, 0.717) is 11.8 Å². The fourth-order valence-corrected chi connectivity index (χ4v) is 3.74. The zero-order valence-electron chi connectivity index (χ0n) is 11.5. The first-order chi connectivity index (χ1) is 7.78. The summed E-state index contributed by atoms with van der Waals surface area (Å²) in [7, 11) is 0. The van der Waals surface area contributed by atoms with Crippen LogP contribution in [0.25, 0.3) is 0 Å². The van der Waals surface area contributed by atoms with Gasteiger partial charge in [0, 0.05) is 12.5 Å². The summed E-state index contributed by atoms with van der Waals surface area (Å²) in [5.41, 5.74) is 0.555. The Balaban J connectivity index is 2.41. The van der Waals surface area contributed by atoms with E-state index in [2.05, 4.69) is 26.8 Å². The lowest BCUT2D eigenvalue weighted by Gasteiger charge is -2.33. The number of allylic oxidation sites excluding steroid dienone is 1. The van der Waals surface area contributed by atoms with Crippen LogP contribution in [0.4, 0.5) is 0 Å². The molecule has 0 amide bonds. The van der Waals surface area contributed by atoms with Crippen molar-refractivity contribution in [3.63, 3.8) is 0 Å². The summed E-state index contributed by atoms with van der Waals surface area (Å²) in [5.74, 6) is 1.11. The molecule has 0 aromatic carbocycles. The monoisotopic (exact) mass is 238 g/mol. The molecule has 1 fully saturated rings. The summed E-state index contributed by atoms with van der Waals surface area (Å²) in [6, 6.07) is 0. The molecule has 1 saturated carbocycles. The molecule has 4 atom stereocenters. The number of hydrogen-bond donors (Lipinski definition) is 2. The van der Waals surface area contributed by atoms with E-state index in [1.54, 1.807) is 0 Å². The second kappa shape index (κ2) is 4.10. The molecule has 0 bridgehead atoms. The highest BCUT2D eigenvalue weighted by atomic mass is 16.3. The van der Waals surface area contributed by atoms with Gasteiger partial charge in [-0.1, -0.05) is 26.8 Å². The summed E-state index contributed by atoms with van der Waals surface area (Å²) in [5, 5.41) is 20.3. The Morgan fingerprint density at radius 1 is 1.29 bits per heavy atom. The minimum absolute atomic E-state index is 0.00454. The molecule has 0 radical (unpaired) electrons. The van der Waals surface area contributed by atoms with E-state index in [4.69, 9.17) is 0 Å². The van der Waals surface area contributed by atoms with Crippen LogP contribution in [0.5, 0.6) is 0 Å². The van der Waals surface area contributed by atoms with Crippen molar-refractivity contribution in [1.29, 1.82) is 0 Å². The van der Waals surface area contributed by atoms with E-state index >= 15 is 0 Å². The van der Waals surface area contributed by atoms with Crippen molar-refractivity contribution >= 4 is 0 Å². The molecule has 0 aromatic heterocycles. The molecule has 0 spiro atoms. The standard InChI is InChI=1S/C15H26O2/c1-10-5-6-11(9-16)15(4,17)13-8-14(2,3)7-12(10)13/h8,10-12,16-17H,5-7,9H2,1-4H3. The molecule has 0 heterocycles. The highest BCUT2D eigenvalue weighted by Gasteiger charge is 2.47. The highest BCUT2D eigenvalue weighted by molar-refractivity contribution is 5.30. The Kier molecular flexibility index (Phi) is 3.16. The summed E-state index contributed by atoms with van der Waals surface area (Å²) >= 11 is 0. The van der Waals surface area contributed by atoms with Crippen LogP contribution in [-0.2, 0) is 0 Å². The molecular weight excluding hydrogens is 212 g/mol. The van der Waals surface area contributed by atoms with E-state index in [1.807, 2.05) is 6.92 Å². The van der Waals surface area contributed by atoms with Gasteiger partial charge in [0.2, 0.25) is 0 Å². The molecule has 4 unspecified atom stereocenters. The van der Waals surface area contributed by atoms with Gasteiger partial charge in [0.05, 0.1) is 5.60 Å². The number of aliphatic hydroxyl groups is 2. The summed E-state index contributed by atoms with van der Waals surface area (Å²) in [6.07, 6.45) is 5.44. The number of aliphatic hydroxyl groups excluding tert-OH is 1. The van der Waals surface area contributed by atoms with Crippen LogP contribution in [0, 0.1) is 23.2 Å². The lowest BCUT2D eigenvalue weighted by atomic mass is 9.78. The van der Waals surface area contributed by atoms with Crippen LogP contribution in [0.1, 0.15) is 47.0 Å². The maximum atomic E-state index is 10.8. The Morgan fingerprint density at radius 2 is 1.94 bits per heavy atom. The molecule has 2 heteroatoms. The van der Waals surface area contributed by atoms with Crippen LogP contribution in [0.2, 0.25) is 0 Å². The molecule has 2 rings (SSSR count). The summed E-state index contributed by atoms with van der Waals surface area (Å²) in [4.78, 5) is 0. The van der Waals surface area contributed by atoms with Crippen molar-refractivity contribution < 1.29 is 10.2 Å². The van der Waals surface area contributed by atoms with E-state index < -0.39 is 5.60 Å². The predicted octanol–water partition coefficient (Wildman–Crippen LogP) is 2.75. The van der Waals surface area contributed by atoms with Gasteiger partial charge in [-0.2, -0.15) is 0 Å². The Hall–Kier alpha value is -0.340. The Bertz CT molecular complexity index is 328. The Morgan fingerprint density at radius 3 is 2.53 bits per heavy atom. The third-order valence-corrected chi connectivity index (χ3v) is 4.95. The van der Waals surface area contributed by atoms with Crippen LogP contribution in [0.15, 0.2) is 11.6 Å². The van der Waals surface area contributed by atoms with E-state index in [0.717, 1.165) is 19.3 Å². The molecule has 0 aromatic rings. The molecule has 17 heavy (non-hydrogen) atoms. The van der Waals surface area contributed by atoms with Gasteiger partial charge in [-0.25, -0.2) is 0 Å². The van der Waals surface area contributed by atoms with E-state index in [9.17, 15) is 10.2 Å². The zero-order valence-corrected chi connectivity index (χ0v) is 11.5. The van der Waals surface area contributed by atoms with Gasteiger partial charge in [-0.05, 0) is 49.0 Å². The third-order valence-electron chi connectivity index (χ3n) is 4.95. The first-order valence-electron chi connectivity index (χ1n) is 6.84. The van der Waals surface area contributed by atoms with E-state index in [-0.39, 0.29) is 17.9 Å². The lowest BCUT2D eigenvalue weighted by molar-refractivity contribution is 0.00255. The topological polar surface area (TPSA) is 40.5 Å². The average Bonchev–Trinajstić information content (AvgIpc) is 2.51. The molecule has 2 nitrogen and oxygen atoms in total. The Labute approximate surface area is 105 Å². The number of rotatable bonds is 1. The third kappa shape index (κ3) is 2.17. The molecule has 0 saturated heterocycles. The van der Waals surface area contributed by atoms with Gasteiger partial charge in [0.25, 0.3) is 0 Å². The number of hydrogen-bond acceptors (Lipinski definition) is 2. The second-order valence-corrected chi connectivity index (χ2v) is 6.98. The van der Waals surface area contributed by atoms with E-state index in [1.165, 1.54) is 5.57 Å². The first-order valence-corrected chi connectivity index (χ1v) is 6.84. The van der Waals surface area contributed by atoms with Gasteiger partial charge in [-0.15, -0.1) is 0 Å². The normalized spacial score (nSPS) is 45.1. The van der Waals surface area contributed by atoms with Crippen molar-refractivity contribution in [1.82, 2.24) is 0 Å². The van der Waals surface area contributed by atoms with Crippen LogP contribution < -0.4 is 0 Å². The van der Waals surface area contributed by atoms with Crippen molar-refractivity contribution in [2.45, 2.75) is 52.6 Å². The quantitative estimate of drug-likeness (QED) is 0.690. The van der Waals surface area contributed by atoms with Crippen LogP contribution in [0.3, 0.4) is 0 Å². The minimum Gasteiger partial charge on any atom is -0.396 e. The molecule has 2 N–H and O–H groups in total. The lowest BCUT2D eigenvalue weighted by Crippen LogP contribution is -2.39. The van der Waals surface area contributed by atoms with Gasteiger partial charge >= 0.3 is 0 Å². The first kappa shape index (κ1) is 13.1. The maximum Gasteiger partial charge on any atom is 0.0881 e. The van der Waals surface area contributed by atoms with Gasteiger partial charge in [0.1, 0.15) is 0 Å². The number of fused-ring (bicyclic) bond motifs is 1. The van der Waals surface area contributed by atoms with Crippen molar-refractivity contribution in [3.05, 3.63) is 11.6 Å². The molecular formula is C15H26O2. The zero-order chi connectivity index (χ0) is 12.8. The molecule has 0 aliphatic heterocycles. The van der Waals surface area contributed by atoms with Crippen molar-refractivity contribution in [3.8, 4) is 0 Å². The van der Waals surface area contributed by atoms with Gasteiger partial charge in [-0.3, -0.25) is 0 Å². The molecule has 98 valence electrons. The van der Waals surface area contributed by atoms with Gasteiger partial charge < -0.3 is 10.2 Å². The summed E-state index contributed by atoms with van der Waals surface area (Å²) < 4.78 is 0. The fourth-order valence-electron chi connectivity index (χ4n) is 3.74. The predicted molar refractivity (Wildman–Crippen MR) is 69.6 cm³/mol. The van der Waals surface area contributed by atoms with Crippen molar-refractivity contribution in [2.24, 2.45) is 23.2 Å². The van der Waals surface area contributed by atoms with Crippen molar-refractivity contribution in [2.75, 3.05) is 6.61 Å². The minimum atomic E-state index is -0.821. The van der Waals surface area contributed by atoms with Crippen LogP contribution in [-0.4, -0.2) is 22.4 Å². The maximum absolute atomic E-state index is 10.8. The summed E-state index contributed by atoms with van der Waals surface area (Å²) in [6.45, 7) is 8.75. The fraction of sp³-hybridized carbons (Fsp3) is 0.867. The molecule has 2 aliphatic rings. The highest BCUT2D eigenvalue weighted by Crippen LogP contribution is 2.52. The SMILES string of the molecule is CC1CCC(CO)C(C)(O)C2=CC(C)(C)CC21. The second-order valence-electron chi connectivity index (χ2n) is 6.98. The largest absolute Gasteiger partial charge is 0.396 e. The smallest absolute Gasteiger partial charge is 0.0881 e. The molecule has 2 aliphatic carbocycles. The van der Waals surface area contributed by atoms with Gasteiger partial charge in [0.15, 0.2) is 0 Å².